The van der Waals surface area contributed by atoms with Gasteiger partial charge in [0.15, 0.2) is 0 Å². The molecule has 0 bridgehead atoms. The molecule has 2 aromatic heterocycles. The number of hydrogen-bond acceptors (Lipinski definition) is 6. The summed E-state index contributed by atoms with van der Waals surface area (Å²) in [5, 5.41) is 6.73. The molecule has 0 radical (unpaired) electrons. The van der Waals surface area contributed by atoms with E-state index in [9.17, 15) is 18.0 Å². The minimum absolute atomic E-state index is 0.136. The smallest absolute Gasteiger partial charge is 0.254 e. The van der Waals surface area contributed by atoms with Crippen molar-refractivity contribution < 1.29 is 17.9 Å². The van der Waals surface area contributed by atoms with Crippen molar-refractivity contribution in [1.29, 1.82) is 0 Å². The number of morpholine rings is 1. The zero-order chi connectivity index (χ0) is 21.3. The first kappa shape index (κ1) is 20.3. The molecule has 1 aliphatic rings. The minimum atomic E-state index is -3.70. The Morgan fingerprint density at radius 3 is 2.73 bits per heavy atom. The normalized spacial score (nSPS) is 15.4. The molecule has 3 aromatic rings. The lowest BCUT2D eigenvalue weighted by molar-refractivity contribution is -0.116. The Balaban J connectivity index is 1.57. The molecule has 3 heterocycles. The Bertz CT molecular complexity index is 1260. The van der Waals surface area contributed by atoms with E-state index in [0.717, 1.165) is 0 Å². The summed E-state index contributed by atoms with van der Waals surface area (Å²) in [6.45, 7) is 2.76. The highest BCUT2D eigenvalue weighted by molar-refractivity contribution is 7.89. The molecule has 158 valence electrons. The number of anilines is 1. The highest BCUT2D eigenvalue weighted by Crippen LogP contribution is 2.24. The lowest BCUT2D eigenvalue weighted by Gasteiger charge is -2.26. The van der Waals surface area contributed by atoms with E-state index >= 15 is 0 Å². The van der Waals surface area contributed by atoms with Crippen molar-refractivity contribution in [1.82, 2.24) is 18.5 Å². The van der Waals surface area contributed by atoms with Crippen molar-refractivity contribution in [3.05, 3.63) is 58.6 Å². The summed E-state index contributed by atoms with van der Waals surface area (Å²) < 4.78 is 35.4. The number of nitrogens with one attached hydrogen (secondary N) is 1. The number of carbonyl (C=O) groups is 1. The van der Waals surface area contributed by atoms with Crippen LogP contribution in [-0.2, 0) is 26.1 Å². The molecule has 1 fully saturated rings. The van der Waals surface area contributed by atoms with Crippen LogP contribution in [0.1, 0.15) is 5.56 Å². The average molecular weight is 431 g/mol. The number of benzene rings is 1. The van der Waals surface area contributed by atoms with Gasteiger partial charge in [-0.25, -0.2) is 12.9 Å². The predicted octanol–water partition coefficient (Wildman–Crippen LogP) is 0.464. The van der Waals surface area contributed by atoms with Gasteiger partial charge in [-0.05, 0) is 24.6 Å². The molecule has 4 rings (SSSR count). The maximum absolute atomic E-state index is 13.0. The predicted molar refractivity (Wildman–Crippen MR) is 109 cm³/mol. The first-order valence-electron chi connectivity index (χ1n) is 9.38. The fourth-order valence-electron chi connectivity index (χ4n) is 3.36. The van der Waals surface area contributed by atoms with Crippen LogP contribution in [0.5, 0.6) is 0 Å². The van der Waals surface area contributed by atoms with Crippen LogP contribution >= 0.6 is 0 Å². The maximum Gasteiger partial charge on any atom is 0.254 e. The van der Waals surface area contributed by atoms with Gasteiger partial charge in [0.05, 0.1) is 24.3 Å². The van der Waals surface area contributed by atoms with Crippen molar-refractivity contribution in [2.45, 2.75) is 18.4 Å². The van der Waals surface area contributed by atoms with E-state index in [2.05, 4.69) is 10.4 Å². The van der Waals surface area contributed by atoms with Crippen LogP contribution in [0.15, 0.2) is 52.4 Å². The van der Waals surface area contributed by atoms with Crippen molar-refractivity contribution in [3.8, 4) is 0 Å². The van der Waals surface area contributed by atoms with Crippen molar-refractivity contribution in [2.24, 2.45) is 0 Å². The molecular formula is C19H21N5O5S. The van der Waals surface area contributed by atoms with Gasteiger partial charge in [0, 0.05) is 37.1 Å². The quantitative estimate of drug-likeness (QED) is 0.628. The van der Waals surface area contributed by atoms with E-state index in [4.69, 9.17) is 4.74 Å². The second kappa shape index (κ2) is 8.01. The monoisotopic (exact) mass is 431 g/mol. The number of nitrogens with zero attached hydrogens (tertiary/aromatic N) is 4. The SMILES string of the molecule is Cc1ccc(NC(=O)Cn2c(=O)ccn3nccc23)cc1S(=O)(=O)N1CCOCC1. The molecule has 1 aliphatic heterocycles. The van der Waals surface area contributed by atoms with Crippen LogP contribution in [0.4, 0.5) is 5.69 Å². The van der Waals surface area contributed by atoms with Gasteiger partial charge in [-0.1, -0.05) is 6.07 Å². The highest BCUT2D eigenvalue weighted by atomic mass is 32.2. The Morgan fingerprint density at radius 1 is 1.20 bits per heavy atom. The van der Waals surface area contributed by atoms with E-state index in [1.54, 1.807) is 25.1 Å². The zero-order valence-corrected chi connectivity index (χ0v) is 17.1. The summed E-state index contributed by atoms with van der Waals surface area (Å²) in [6, 6.07) is 7.68. The topological polar surface area (TPSA) is 115 Å². The molecule has 1 N–H and O–H groups in total. The standard InChI is InChI=1S/C19H21N5O5S/c1-14-2-3-15(12-16(14)30(27,28)22-8-10-29-11-9-22)21-17(25)13-23-18-4-6-20-24(18)7-5-19(23)26/h2-7,12H,8-11,13H2,1H3,(H,21,25). The summed E-state index contributed by atoms with van der Waals surface area (Å²) in [6.07, 6.45) is 3.06. The van der Waals surface area contributed by atoms with Crippen LogP contribution in [0.2, 0.25) is 0 Å². The number of rotatable bonds is 5. The van der Waals surface area contributed by atoms with E-state index in [-0.39, 0.29) is 30.1 Å². The van der Waals surface area contributed by atoms with Gasteiger partial charge in [-0.15, -0.1) is 0 Å². The van der Waals surface area contributed by atoms with Gasteiger partial charge in [-0.2, -0.15) is 9.40 Å². The van der Waals surface area contributed by atoms with Crippen LogP contribution in [0.25, 0.3) is 5.65 Å². The van der Waals surface area contributed by atoms with E-state index < -0.39 is 15.9 Å². The minimum Gasteiger partial charge on any atom is -0.379 e. The molecule has 0 saturated carbocycles. The summed E-state index contributed by atoms with van der Waals surface area (Å²) in [7, 11) is -3.70. The third kappa shape index (κ3) is 3.86. The van der Waals surface area contributed by atoms with Gasteiger partial charge < -0.3 is 10.1 Å². The second-order valence-electron chi connectivity index (χ2n) is 6.92. The maximum atomic E-state index is 13.0. The summed E-state index contributed by atoms with van der Waals surface area (Å²) >= 11 is 0. The van der Waals surface area contributed by atoms with Gasteiger partial charge in [0.25, 0.3) is 5.56 Å². The number of ether oxygens (including phenoxy) is 1. The largest absolute Gasteiger partial charge is 0.379 e. The lowest BCUT2D eigenvalue weighted by Crippen LogP contribution is -2.40. The van der Waals surface area contributed by atoms with Crippen LogP contribution in [0.3, 0.4) is 0 Å². The molecule has 30 heavy (non-hydrogen) atoms. The van der Waals surface area contributed by atoms with Gasteiger partial charge >= 0.3 is 0 Å². The fraction of sp³-hybridized carbons (Fsp3) is 0.316. The molecule has 0 atom stereocenters. The number of fused-ring (bicyclic) bond motifs is 1. The molecule has 0 aliphatic carbocycles. The molecule has 1 amide bonds. The molecule has 0 unspecified atom stereocenters. The summed E-state index contributed by atoms with van der Waals surface area (Å²) in [5.74, 6) is -0.454. The Labute approximate surface area is 172 Å². The Kier molecular flexibility index (Phi) is 5.41. The number of carbonyl (C=O) groups excluding carboxylic acids is 1. The third-order valence-electron chi connectivity index (χ3n) is 4.91. The average Bonchev–Trinajstić information content (AvgIpc) is 3.21. The molecule has 1 saturated heterocycles. The number of aryl methyl sites for hydroxylation is 1. The van der Waals surface area contributed by atoms with Crippen molar-refractivity contribution in [3.63, 3.8) is 0 Å². The molecular weight excluding hydrogens is 410 g/mol. The number of sulfonamides is 1. The third-order valence-corrected chi connectivity index (χ3v) is 6.95. The lowest BCUT2D eigenvalue weighted by atomic mass is 10.2. The van der Waals surface area contributed by atoms with E-state index in [0.29, 0.717) is 30.1 Å². The summed E-state index contributed by atoms with van der Waals surface area (Å²) in [4.78, 5) is 24.9. The Hall–Kier alpha value is -3.02. The number of hydrogen-bond donors (Lipinski definition) is 1. The first-order valence-corrected chi connectivity index (χ1v) is 10.8. The molecule has 1 aromatic carbocycles. The van der Waals surface area contributed by atoms with Crippen LogP contribution in [0, 0.1) is 6.92 Å². The van der Waals surface area contributed by atoms with Crippen LogP contribution < -0.4 is 10.9 Å². The number of amides is 1. The van der Waals surface area contributed by atoms with Gasteiger partial charge in [0.1, 0.15) is 12.2 Å². The van der Waals surface area contributed by atoms with Crippen LogP contribution in [-0.4, -0.2) is 59.1 Å². The molecule has 0 spiro atoms. The first-order chi connectivity index (χ1) is 14.4. The molecule has 11 heteroatoms. The summed E-state index contributed by atoms with van der Waals surface area (Å²) in [5.41, 5.74) is 1.07. The highest BCUT2D eigenvalue weighted by Gasteiger charge is 2.28. The van der Waals surface area contributed by atoms with Gasteiger partial charge in [0.2, 0.25) is 15.9 Å². The van der Waals surface area contributed by atoms with E-state index in [1.165, 1.54) is 37.9 Å². The van der Waals surface area contributed by atoms with Crippen molar-refractivity contribution in [2.75, 3.05) is 31.6 Å². The van der Waals surface area contributed by atoms with Crippen molar-refractivity contribution >= 4 is 27.3 Å². The Morgan fingerprint density at radius 2 is 1.97 bits per heavy atom. The van der Waals surface area contributed by atoms with E-state index in [1.807, 2.05) is 0 Å². The zero-order valence-electron chi connectivity index (χ0n) is 16.3. The second-order valence-corrected chi connectivity index (χ2v) is 8.83. The molecule has 10 nitrogen and oxygen atoms in total. The van der Waals surface area contributed by atoms with Gasteiger partial charge in [-0.3, -0.25) is 14.2 Å². The number of aromatic nitrogens is 3. The fourth-order valence-corrected chi connectivity index (χ4v) is 5.02.